The van der Waals surface area contributed by atoms with Crippen molar-refractivity contribution in [3.8, 4) is 11.5 Å². The lowest BCUT2D eigenvalue weighted by molar-refractivity contribution is -0.268. The van der Waals surface area contributed by atoms with E-state index in [-0.39, 0.29) is 45.4 Å². The molecule has 1 aliphatic carbocycles. The summed E-state index contributed by atoms with van der Waals surface area (Å²) in [7, 11) is 0. The van der Waals surface area contributed by atoms with Crippen LogP contribution in [0.1, 0.15) is 77.2 Å². The smallest absolute Gasteiger partial charge is 0.331 e. The fraction of sp³-hybridized carbons (Fsp3) is 0.452. The lowest BCUT2D eigenvalue weighted by Gasteiger charge is -2.40. The van der Waals surface area contributed by atoms with Gasteiger partial charge in [-0.3, -0.25) is 9.59 Å². The Morgan fingerprint density at radius 2 is 1.76 bits per heavy atom. The number of rotatable bonds is 5. The van der Waals surface area contributed by atoms with E-state index in [1.54, 1.807) is 17.9 Å². The van der Waals surface area contributed by atoms with E-state index < -0.39 is 60.5 Å². The van der Waals surface area contributed by atoms with Crippen molar-refractivity contribution in [3.05, 3.63) is 63.8 Å². The molecule has 2 fully saturated rings. The number of phenols is 1. The number of fused-ring (bicyclic) bond motifs is 6. The van der Waals surface area contributed by atoms with Gasteiger partial charge in [0.25, 0.3) is 0 Å². The highest BCUT2D eigenvalue weighted by Gasteiger charge is 2.54. The minimum atomic E-state index is -1.65. The number of aromatic hydroxyl groups is 1. The molecule has 2 aromatic carbocycles. The molecule has 11 nitrogen and oxygen atoms in total. The molecule has 42 heavy (non-hydrogen) atoms. The quantitative estimate of drug-likeness (QED) is 0.385. The molecule has 6 rings (SSSR count). The zero-order valence-corrected chi connectivity index (χ0v) is 23.6. The van der Waals surface area contributed by atoms with Gasteiger partial charge >= 0.3 is 5.97 Å². The molecule has 3 aliphatic heterocycles. The normalized spacial score (nSPS) is 30.8. The molecule has 11 heteroatoms. The second-order valence-electron chi connectivity index (χ2n) is 11.6. The molecule has 0 aromatic heterocycles. The lowest BCUT2D eigenvalue weighted by atomic mass is 9.78. The van der Waals surface area contributed by atoms with Crippen LogP contribution in [0.3, 0.4) is 0 Å². The monoisotopic (exact) mass is 579 g/mol. The van der Waals surface area contributed by atoms with E-state index in [0.29, 0.717) is 17.5 Å². The standard InChI is InChI=1S/C31H33NO10/c1-5-12(2)10-17-30(39)42-29-16-9-13(3)11-18(33)20(16)22-23(32(17)29)26(36)21-15(25(22)35)7-6-8-19(21)41-31-28(38)27(37)24(34)14(4)40-31/h6-9,11-12,14,17,24,27-29,31,33-34,37-38H,5,10H2,1-4H3. The fourth-order valence-electron chi connectivity index (χ4n) is 6.27. The zero-order chi connectivity index (χ0) is 30.2. The number of nitrogens with zero attached hydrogens (tertiary/aromatic N) is 1. The maximum atomic E-state index is 14.5. The Balaban J connectivity index is 1.51. The van der Waals surface area contributed by atoms with Crippen LogP contribution >= 0.6 is 0 Å². The Bertz CT molecular complexity index is 1530. The topological polar surface area (TPSA) is 163 Å². The Labute approximate surface area is 241 Å². The molecule has 222 valence electrons. The van der Waals surface area contributed by atoms with Crippen LogP contribution in [0, 0.1) is 12.8 Å². The van der Waals surface area contributed by atoms with Gasteiger partial charge in [0, 0.05) is 16.7 Å². The minimum absolute atomic E-state index is 0.00414. The van der Waals surface area contributed by atoms with Crippen molar-refractivity contribution >= 4 is 23.1 Å². The Hall–Kier alpha value is -3.77. The molecule has 3 heterocycles. The number of esters is 1. The van der Waals surface area contributed by atoms with E-state index in [2.05, 4.69) is 0 Å². The number of benzene rings is 2. The van der Waals surface area contributed by atoms with Crippen LogP contribution in [0.4, 0.5) is 0 Å². The van der Waals surface area contributed by atoms with Gasteiger partial charge in [-0.2, -0.15) is 0 Å². The van der Waals surface area contributed by atoms with Crippen molar-refractivity contribution in [2.45, 2.75) is 83.5 Å². The summed E-state index contributed by atoms with van der Waals surface area (Å²) in [6.07, 6.45) is -6.79. The van der Waals surface area contributed by atoms with E-state index in [0.717, 1.165) is 6.42 Å². The Kier molecular flexibility index (Phi) is 6.88. The third kappa shape index (κ3) is 4.14. The maximum absolute atomic E-state index is 14.5. The van der Waals surface area contributed by atoms with Crippen LogP contribution in [0.5, 0.6) is 11.5 Å². The molecule has 8 unspecified atom stereocenters. The van der Waals surface area contributed by atoms with Crippen LogP contribution in [-0.4, -0.2) is 79.6 Å². The summed E-state index contributed by atoms with van der Waals surface area (Å²) in [4.78, 5) is 43.5. The van der Waals surface area contributed by atoms with Crippen molar-refractivity contribution in [2.24, 2.45) is 5.92 Å². The number of hydrogen-bond donors (Lipinski definition) is 4. The van der Waals surface area contributed by atoms with E-state index in [4.69, 9.17) is 14.2 Å². The molecule has 2 aromatic rings. The Morgan fingerprint density at radius 3 is 2.48 bits per heavy atom. The minimum Gasteiger partial charge on any atom is -0.507 e. The zero-order valence-electron chi connectivity index (χ0n) is 23.6. The third-order valence-electron chi connectivity index (χ3n) is 8.71. The summed E-state index contributed by atoms with van der Waals surface area (Å²) in [5, 5.41) is 42.0. The maximum Gasteiger partial charge on any atom is 0.331 e. The highest BCUT2D eigenvalue weighted by atomic mass is 16.7. The fourth-order valence-corrected chi connectivity index (χ4v) is 6.27. The average molecular weight is 580 g/mol. The van der Waals surface area contributed by atoms with Gasteiger partial charge in [-0.15, -0.1) is 0 Å². The van der Waals surface area contributed by atoms with Crippen molar-refractivity contribution in [3.63, 3.8) is 0 Å². The lowest BCUT2D eigenvalue weighted by Crippen LogP contribution is -2.58. The van der Waals surface area contributed by atoms with Gasteiger partial charge in [0.1, 0.15) is 41.5 Å². The number of ketones is 2. The summed E-state index contributed by atoms with van der Waals surface area (Å²) >= 11 is 0. The number of aliphatic hydroxyl groups is 3. The van der Waals surface area contributed by atoms with Crippen molar-refractivity contribution < 1.29 is 49.0 Å². The van der Waals surface area contributed by atoms with E-state index in [1.165, 1.54) is 31.2 Å². The average Bonchev–Trinajstić information content (AvgIpc) is 3.28. The number of aryl methyl sites for hydroxylation is 1. The summed E-state index contributed by atoms with van der Waals surface area (Å²) in [6.45, 7) is 7.25. The first-order valence-corrected chi connectivity index (χ1v) is 14.1. The molecule has 4 N–H and O–H groups in total. The number of Topliss-reactive ketones (excluding diaryl/α,β-unsaturated/α-hetero) is 2. The first-order chi connectivity index (χ1) is 19.9. The predicted octanol–water partition coefficient (Wildman–Crippen LogP) is 2.37. The van der Waals surface area contributed by atoms with Gasteiger partial charge in [0.15, 0.2) is 5.78 Å². The molecule has 0 saturated carbocycles. The summed E-state index contributed by atoms with van der Waals surface area (Å²) < 4.78 is 17.3. The largest absolute Gasteiger partial charge is 0.507 e. The summed E-state index contributed by atoms with van der Waals surface area (Å²) in [5.41, 5.74) is 1.04. The third-order valence-corrected chi connectivity index (χ3v) is 8.71. The van der Waals surface area contributed by atoms with Crippen LogP contribution in [-0.2, 0) is 14.3 Å². The van der Waals surface area contributed by atoms with E-state index >= 15 is 0 Å². The van der Waals surface area contributed by atoms with E-state index in [1.807, 2.05) is 13.8 Å². The number of allylic oxidation sites excluding steroid dienone is 2. The second kappa shape index (κ2) is 10.2. The van der Waals surface area contributed by atoms with Gasteiger partial charge < -0.3 is 39.5 Å². The van der Waals surface area contributed by atoms with Gasteiger partial charge in [-0.25, -0.2) is 4.79 Å². The van der Waals surface area contributed by atoms with Gasteiger partial charge in [-0.05, 0) is 49.9 Å². The number of carbonyl (C=O) groups is 3. The van der Waals surface area contributed by atoms with Crippen molar-refractivity contribution in [1.29, 1.82) is 0 Å². The molecule has 0 radical (unpaired) electrons. The summed E-state index contributed by atoms with van der Waals surface area (Å²) in [5.74, 6) is -1.91. The van der Waals surface area contributed by atoms with Gasteiger partial charge in [-0.1, -0.05) is 32.4 Å². The van der Waals surface area contributed by atoms with Crippen LogP contribution < -0.4 is 4.74 Å². The second-order valence-corrected chi connectivity index (χ2v) is 11.6. The number of carbonyl (C=O) groups excluding carboxylic acids is 3. The number of ether oxygens (including phenoxy) is 3. The highest BCUT2D eigenvalue weighted by molar-refractivity contribution is 6.41. The molecule has 0 amide bonds. The number of aliphatic hydroxyl groups excluding tert-OH is 3. The molecule has 4 aliphatic rings. The summed E-state index contributed by atoms with van der Waals surface area (Å²) in [6, 6.07) is 6.78. The predicted molar refractivity (Wildman–Crippen MR) is 146 cm³/mol. The molecule has 0 bridgehead atoms. The molecule has 0 spiro atoms. The molecular formula is C31H33NO10. The SMILES string of the molecule is CCC(C)CC1C(=O)OC2c3cc(C)cc(O)c3C3=C(C(=O)c4c(OC5OC(C)C(O)C(O)C5O)cccc4C3=O)N12. The molecular weight excluding hydrogens is 546 g/mol. The molecule has 8 atom stereocenters. The Morgan fingerprint density at radius 1 is 1.02 bits per heavy atom. The van der Waals surface area contributed by atoms with Gasteiger partial charge in [0.2, 0.25) is 18.3 Å². The first-order valence-electron chi connectivity index (χ1n) is 14.1. The molecule has 2 saturated heterocycles. The van der Waals surface area contributed by atoms with E-state index in [9.17, 15) is 34.8 Å². The number of phenolic OH excluding ortho intramolecular Hbond substituents is 1. The van der Waals surface area contributed by atoms with Crippen LogP contribution in [0.25, 0.3) is 5.57 Å². The van der Waals surface area contributed by atoms with Crippen LogP contribution in [0.15, 0.2) is 36.0 Å². The van der Waals surface area contributed by atoms with Crippen molar-refractivity contribution in [2.75, 3.05) is 0 Å². The van der Waals surface area contributed by atoms with Crippen molar-refractivity contribution in [1.82, 2.24) is 4.90 Å². The first kappa shape index (κ1) is 28.4. The van der Waals surface area contributed by atoms with Crippen LogP contribution in [0.2, 0.25) is 0 Å². The highest BCUT2D eigenvalue weighted by Crippen LogP contribution is 2.52. The van der Waals surface area contributed by atoms with Gasteiger partial charge in [0.05, 0.1) is 17.2 Å². The number of hydrogen-bond acceptors (Lipinski definition) is 11.